The molecule has 4 heterocycles. The van der Waals surface area contributed by atoms with E-state index < -0.39 is 147 Å². The van der Waals surface area contributed by atoms with Gasteiger partial charge in [-0.25, -0.2) is 0 Å². The summed E-state index contributed by atoms with van der Waals surface area (Å²) < 4.78 is 28.5. The van der Waals surface area contributed by atoms with Crippen molar-refractivity contribution >= 4 is 11.9 Å². The van der Waals surface area contributed by atoms with Crippen LogP contribution in [0.15, 0.2) is 85.1 Å². The maximum Gasteiger partial charge on any atom is 0.308 e. The number of nitrogens with one attached hydrogen (secondary N) is 1. The average Bonchev–Trinajstić information content (AvgIpc) is 3.67. The number of hydrogen-bond donors (Lipinski definition) is 13. The van der Waals surface area contributed by atoms with Gasteiger partial charge in [-0.05, 0) is 26.2 Å². The first-order chi connectivity index (χ1) is 32.7. The third-order valence-electron chi connectivity index (χ3n) is 12.4. The summed E-state index contributed by atoms with van der Waals surface area (Å²) in [7, 11) is 0. The van der Waals surface area contributed by atoms with Crippen LogP contribution in [-0.2, 0) is 33.3 Å². The van der Waals surface area contributed by atoms with E-state index in [0.29, 0.717) is 0 Å². The number of aliphatic hydroxyl groups excluding tert-OH is 10. The summed E-state index contributed by atoms with van der Waals surface area (Å²) in [4.78, 5) is 26.4. The summed E-state index contributed by atoms with van der Waals surface area (Å²) in [6.07, 6.45) is 3.98. The molecule has 0 aliphatic carbocycles. The molecule has 3 fully saturated rings. The Hall–Kier alpha value is -3.52. The Morgan fingerprint density at radius 1 is 0.667 bits per heavy atom. The Bertz CT molecular complexity index is 1770. The van der Waals surface area contributed by atoms with Gasteiger partial charge in [0.25, 0.3) is 0 Å². The van der Waals surface area contributed by atoms with Crippen LogP contribution in [0.2, 0.25) is 0 Å². The molecule has 3 saturated heterocycles. The highest BCUT2D eigenvalue weighted by atomic mass is 16.7. The van der Waals surface area contributed by atoms with Crippen molar-refractivity contribution in [1.82, 2.24) is 5.32 Å². The van der Waals surface area contributed by atoms with Crippen molar-refractivity contribution in [3.8, 4) is 0 Å². The third kappa shape index (κ3) is 19.9. The van der Waals surface area contributed by atoms with Crippen molar-refractivity contribution in [2.75, 3.05) is 19.8 Å². The predicted octanol–water partition coefficient (Wildman–Crippen LogP) is -1.13. The van der Waals surface area contributed by atoms with Crippen LogP contribution in [0.1, 0.15) is 71.6 Å². The molecule has 0 radical (unpaired) electrons. The summed E-state index contributed by atoms with van der Waals surface area (Å²) >= 11 is 0. The van der Waals surface area contributed by atoms with Crippen molar-refractivity contribution < 1.29 is 89.4 Å². The van der Waals surface area contributed by atoms with Crippen molar-refractivity contribution in [2.24, 2.45) is 17.6 Å². The lowest BCUT2D eigenvalue weighted by atomic mass is 9.82. The quantitative estimate of drug-likeness (QED) is 0.148. The number of amides is 1. The molecule has 69 heavy (non-hydrogen) atoms. The van der Waals surface area contributed by atoms with Crippen LogP contribution in [0, 0.1) is 11.8 Å². The molecule has 1 amide bonds. The van der Waals surface area contributed by atoms with E-state index in [1.54, 1.807) is 73.8 Å². The maximum absolute atomic E-state index is 13.9. The fraction of sp³-hybridized carbons (Fsp3) is 0.673. The number of fused-ring (bicyclic) bond motifs is 2. The molecule has 0 aromatic rings. The molecule has 2 bridgehead atoms. The summed E-state index contributed by atoms with van der Waals surface area (Å²) in [6.45, 7) is 3.14. The van der Waals surface area contributed by atoms with Gasteiger partial charge in [-0.1, -0.05) is 92.0 Å². The van der Waals surface area contributed by atoms with E-state index in [1.165, 1.54) is 0 Å². The van der Waals surface area contributed by atoms with Crippen molar-refractivity contribution in [3.63, 3.8) is 0 Å². The lowest BCUT2D eigenvalue weighted by Crippen LogP contribution is -2.60. The number of ether oxygens (including phenoxy) is 5. The van der Waals surface area contributed by atoms with Gasteiger partial charge >= 0.3 is 5.97 Å². The lowest BCUT2D eigenvalue weighted by molar-refractivity contribution is -0.304. The van der Waals surface area contributed by atoms with Gasteiger partial charge in [0.15, 0.2) is 12.1 Å². The summed E-state index contributed by atoms with van der Waals surface area (Å²) in [5.41, 5.74) is 6.01. The van der Waals surface area contributed by atoms with Crippen LogP contribution in [-0.4, -0.2) is 191 Å². The van der Waals surface area contributed by atoms with E-state index in [4.69, 9.17) is 29.4 Å². The molecule has 4 rings (SSSR count). The fourth-order valence-electron chi connectivity index (χ4n) is 8.47. The van der Waals surface area contributed by atoms with Crippen molar-refractivity contribution in [1.29, 1.82) is 0 Å². The molecule has 20 nitrogen and oxygen atoms in total. The number of aliphatic hydroxyl groups is 11. The second kappa shape index (κ2) is 29.1. The molecular formula is C49H76N2O18. The van der Waals surface area contributed by atoms with Gasteiger partial charge in [0.05, 0.1) is 111 Å². The minimum Gasteiger partial charge on any atom is -0.462 e. The van der Waals surface area contributed by atoms with Gasteiger partial charge < -0.3 is 90.9 Å². The highest BCUT2D eigenvalue weighted by molar-refractivity contribution is 5.80. The summed E-state index contributed by atoms with van der Waals surface area (Å²) in [6, 6.07) is -1.95. The van der Waals surface area contributed by atoms with Crippen LogP contribution in [0.3, 0.4) is 0 Å². The number of esters is 1. The first-order valence-corrected chi connectivity index (χ1v) is 23.7. The number of rotatable bonds is 4. The van der Waals surface area contributed by atoms with Gasteiger partial charge in [0.2, 0.25) is 5.91 Å². The Labute approximate surface area is 403 Å². The van der Waals surface area contributed by atoms with Crippen LogP contribution in [0.5, 0.6) is 0 Å². The van der Waals surface area contributed by atoms with E-state index in [-0.39, 0.29) is 57.8 Å². The average molecular weight is 981 g/mol. The van der Waals surface area contributed by atoms with E-state index in [0.717, 1.165) is 0 Å². The van der Waals surface area contributed by atoms with Gasteiger partial charge in [-0.2, -0.15) is 0 Å². The molecule has 20 heteroatoms. The third-order valence-corrected chi connectivity index (χ3v) is 12.4. The Kier molecular flexibility index (Phi) is 24.5. The SMILES string of the molecule is C[C@H]1C[C@H](O)[C@@H](C)/C=C/C=C/C=C/C=C/C=C/C=C/C=C/C(O[C@@H]2OC[C@@H](O)[C@H](N)[C@@H]2O)C[C@@H]2OC(O)(CC(O)CC(O)C(O)CCC(O)CC(O)CC(=O)O1)C[C@H](O)C2C(=O)NC1COCC1O. The normalized spacial score (nSPS) is 44.6. The molecule has 4 aliphatic heterocycles. The monoisotopic (exact) mass is 981 g/mol. The van der Waals surface area contributed by atoms with Crippen LogP contribution >= 0.6 is 0 Å². The Balaban J connectivity index is 1.58. The van der Waals surface area contributed by atoms with Gasteiger partial charge in [-0.3, -0.25) is 9.59 Å². The minimum atomic E-state index is -2.32. The lowest BCUT2D eigenvalue weighted by Gasteiger charge is -2.46. The van der Waals surface area contributed by atoms with E-state index in [9.17, 15) is 65.8 Å². The second-order valence-electron chi connectivity index (χ2n) is 18.6. The standard InChI is InChI=1S/C49H76N2O18/c1-29-15-13-11-9-7-5-3-4-6-8-10-12-14-16-34(68-48-46(62)45(50)41(60)28-66-48)23-42-44(47(63)51-35-26-65-27-40(35)59)39(58)25-49(64,69-42)24-33(54)21-38(57)36(55)18-17-31(52)20-32(53)22-43(61)67-30(2)19-37(29)56/h3-16,29-42,44-46,48,52-60,62,64H,17-28,50H2,1-2H3,(H,51,63)/b4-3+,7-5+,8-6+,11-9+,12-10+,15-13+,16-14+/t29-,30-,31?,32?,33?,34?,35?,36?,37-,38?,39-,40?,41+,42-,44?,45-,46-,48-,49?/m0/s1. The van der Waals surface area contributed by atoms with Crippen molar-refractivity contribution in [3.05, 3.63) is 85.1 Å². The molecule has 19 atom stereocenters. The van der Waals surface area contributed by atoms with E-state index in [1.807, 2.05) is 25.2 Å². The first kappa shape index (κ1) is 58.1. The summed E-state index contributed by atoms with van der Waals surface area (Å²) in [5.74, 6) is -5.45. The molecule has 390 valence electrons. The van der Waals surface area contributed by atoms with Crippen molar-refractivity contribution in [2.45, 2.75) is 175 Å². The zero-order valence-corrected chi connectivity index (χ0v) is 39.3. The van der Waals surface area contributed by atoms with Crippen LogP contribution in [0.4, 0.5) is 0 Å². The number of nitrogens with two attached hydrogens (primary N) is 1. The zero-order valence-electron chi connectivity index (χ0n) is 39.3. The minimum absolute atomic E-state index is 0.00526. The smallest absolute Gasteiger partial charge is 0.308 e. The zero-order chi connectivity index (χ0) is 50.7. The van der Waals surface area contributed by atoms with Crippen LogP contribution < -0.4 is 11.1 Å². The number of carbonyl (C=O) groups is 2. The highest BCUT2D eigenvalue weighted by Gasteiger charge is 2.51. The first-order valence-electron chi connectivity index (χ1n) is 23.7. The second-order valence-corrected chi connectivity index (χ2v) is 18.6. The number of cyclic esters (lactones) is 1. The number of allylic oxidation sites excluding steroid dienone is 12. The molecule has 14 N–H and O–H groups in total. The largest absolute Gasteiger partial charge is 0.462 e. The Morgan fingerprint density at radius 2 is 1.29 bits per heavy atom. The molecule has 0 aromatic heterocycles. The van der Waals surface area contributed by atoms with Gasteiger partial charge in [-0.15, -0.1) is 0 Å². The number of carbonyl (C=O) groups excluding carboxylic acids is 2. The summed E-state index contributed by atoms with van der Waals surface area (Å²) in [5, 5.41) is 122. The maximum atomic E-state index is 13.9. The fourth-order valence-corrected chi connectivity index (χ4v) is 8.47. The molecule has 10 unspecified atom stereocenters. The predicted molar refractivity (Wildman–Crippen MR) is 249 cm³/mol. The van der Waals surface area contributed by atoms with E-state index in [2.05, 4.69) is 5.32 Å². The Morgan fingerprint density at radius 3 is 1.91 bits per heavy atom. The molecule has 0 aromatic carbocycles. The molecular weight excluding hydrogens is 905 g/mol. The van der Waals surface area contributed by atoms with E-state index >= 15 is 0 Å². The molecule has 0 spiro atoms. The molecule has 0 saturated carbocycles. The number of hydrogen-bond acceptors (Lipinski definition) is 19. The van der Waals surface area contributed by atoms with Crippen LogP contribution in [0.25, 0.3) is 0 Å². The topological polar surface area (TPSA) is 341 Å². The molecule has 4 aliphatic rings. The van der Waals surface area contributed by atoms with Gasteiger partial charge in [0, 0.05) is 38.0 Å². The van der Waals surface area contributed by atoms with Gasteiger partial charge in [0.1, 0.15) is 12.2 Å². The highest BCUT2D eigenvalue weighted by Crippen LogP contribution is 2.38.